The minimum Gasteiger partial charge on any atom is -0.423 e. The minimum atomic E-state index is -0.997. The van der Waals surface area contributed by atoms with E-state index < -0.39 is 17.4 Å². The van der Waals surface area contributed by atoms with Crippen LogP contribution in [0.2, 0.25) is 30.7 Å². The molecule has 0 amide bonds. The maximum atomic E-state index is 5.60. The molecule has 0 bridgehead atoms. The Morgan fingerprint density at radius 2 is 1.86 bits per heavy atom. The highest BCUT2D eigenvalue weighted by Gasteiger charge is 2.35. The van der Waals surface area contributed by atoms with E-state index in [0.717, 1.165) is 6.61 Å². The zero-order valence-electron chi connectivity index (χ0n) is 9.84. The second-order valence-corrected chi connectivity index (χ2v) is 11.6. The average molecular weight is 232 g/mol. The van der Waals surface area contributed by atoms with E-state index in [0.29, 0.717) is 0 Å². The summed E-state index contributed by atoms with van der Waals surface area (Å²) in [6, 6.07) is 5.66. The molecule has 2 saturated heterocycles. The Morgan fingerprint density at radius 3 is 1.93 bits per heavy atom. The van der Waals surface area contributed by atoms with E-state index in [2.05, 4.69) is 13.5 Å². The van der Waals surface area contributed by atoms with E-state index in [9.17, 15) is 0 Å². The molecular formula is C10H24O2Si2. The normalized spacial score (nSPS) is 24.2. The summed E-state index contributed by atoms with van der Waals surface area (Å²) in [6.07, 6.45) is 2.85. The summed E-state index contributed by atoms with van der Waals surface area (Å²) in [6.45, 7) is 5.36. The molecule has 0 aromatic heterocycles. The zero-order chi connectivity index (χ0) is 10.4. The van der Waals surface area contributed by atoms with Gasteiger partial charge in [0, 0.05) is 13.7 Å². The Kier molecular flexibility index (Phi) is 5.37. The first-order chi connectivity index (χ1) is 6.70. The van der Waals surface area contributed by atoms with Crippen LogP contribution in [0.25, 0.3) is 0 Å². The molecule has 0 N–H and O–H groups in total. The van der Waals surface area contributed by atoms with E-state index in [4.69, 9.17) is 8.85 Å². The van der Waals surface area contributed by atoms with Gasteiger partial charge < -0.3 is 8.85 Å². The molecule has 0 saturated carbocycles. The van der Waals surface area contributed by atoms with Gasteiger partial charge in [0.1, 0.15) is 0 Å². The first-order valence-corrected chi connectivity index (χ1v) is 10.8. The largest absolute Gasteiger partial charge is 0.423 e. The topological polar surface area (TPSA) is 18.5 Å². The van der Waals surface area contributed by atoms with Gasteiger partial charge >= 0.3 is 0 Å². The monoisotopic (exact) mass is 232 g/mol. The quantitative estimate of drug-likeness (QED) is 0.697. The highest BCUT2D eigenvalue weighted by Crippen LogP contribution is 2.32. The fourth-order valence-corrected chi connectivity index (χ4v) is 5.32. The van der Waals surface area contributed by atoms with E-state index in [-0.39, 0.29) is 0 Å². The molecule has 2 aliphatic heterocycles. The highest BCUT2D eigenvalue weighted by molar-refractivity contribution is 6.75. The van der Waals surface area contributed by atoms with E-state index in [1.807, 2.05) is 7.11 Å². The molecule has 14 heavy (non-hydrogen) atoms. The van der Waals surface area contributed by atoms with Gasteiger partial charge in [-0.05, 0) is 37.6 Å². The summed E-state index contributed by atoms with van der Waals surface area (Å²) in [4.78, 5) is 0. The fourth-order valence-electron chi connectivity index (χ4n) is 1.77. The van der Waals surface area contributed by atoms with E-state index in [1.54, 1.807) is 0 Å². The minimum absolute atomic E-state index is 0.480. The van der Waals surface area contributed by atoms with Crippen molar-refractivity contribution in [1.82, 2.24) is 0 Å². The number of rotatable bonds is 3. The summed E-state index contributed by atoms with van der Waals surface area (Å²) >= 11 is 0. The van der Waals surface area contributed by atoms with Crippen LogP contribution in [0.5, 0.6) is 0 Å². The summed E-state index contributed by atoms with van der Waals surface area (Å²) in [7, 11) is 0.367. The first-order valence-electron chi connectivity index (χ1n) is 5.87. The van der Waals surface area contributed by atoms with Gasteiger partial charge in [-0.2, -0.15) is 0 Å². The Morgan fingerprint density at radius 1 is 1.21 bits per heavy atom. The molecule has 0 aromatic carbocycles. The second kappa shape index (κ2) is 6.05. The van der Waals surface area contributed by atoms with Gasteiger partial charge in [-0.3, -0.25) is 0 Å². The van der Waals surface area contributed by atoms with Crippen LogP contribution in [0.15, 0.2) is 0 Å². The van der Waals surface area contributed by atoms with E-state index >= 15 is 0 Å². The predicted molar refractivity (Wildman–Crippen MR) is 65.9 cm³/mol. The fraction of sp³-hybridized carbons (Fsp3) is 1.00. The highest BCUT2D eigenvalue weighted by atomic mass is 28.4. The van der Waals surface area contributed by atoms with Crippen LogP contribution < -0.4 is 0 Å². The maximum absolute atomic E-state index is 5.60. The SMILES string of the molecule is CCO[Si]1(C)CCC1.CO[SiH]1CCC1. The Balaban J connectivity index is 0.000000146. The summed E-state index contributed by atoms with van der Waals surface area (Å²) in [5.41, 5.74) is 0. The van der Waals surface area contributed by atoms with Crippen LogP contribution in [0.3, 0.4) is 0 Å². The van der Waals surface area contributed by atoms with Gasteiger partial charge in [-0.1, -0.05) is 12.8 Å². The lowest BCUT2D eigenvalue weighted by Gasteiger charge is -2.34. The average Bonchev–Trinajstić information content (AvgIpc) is 2.01. The molecule has 2 heterocycles. The first kappa shape index (κ1) is 12.4. The van der Waals surface area contributed by atoms with Crippen LogP contribution in [0.4, 0.5) is 0 Å². The van der Waals surface area contributed by atoms with Gasteiger partial charge in [0.15, 0.2) is 17.4 Å². The third kappa shape index (κ3) is 3.84. The van der Waals surface area contributed by atoms with Crippen molar-refractivity contribution in [1.29, 1.82) is 0 Å². The van der Waals surface area contributed by atoms with Crippen molar-refractivity contribution < 1.29 is 8.85 Å². The number of hydrogen-bond acceptors (Lipinski definition) is 2. The molecule has 84 valence electrons. The van der Waals surface area contributed by atoms with Crippen molar-refractivity contribution >= 4 is 17.4 Å². The van der Waals surface area contributed by atoms with Crippen LogP contribution >= 0.6 is 0 Å². The van der Waals surface area contributed by atoms with Crippen LogP contribution in [0.1, 0.15) is 19.8 Å². The lowest BCUT2D eigenvalue weighted by molar-refractivity contribution is 0.310. The molecule has 0 spiro atoms. The number of hydrogen-bond donors (Lipinski definition) is 0. The summed E-state index contributed by atoms with van der Waals surface area (Å²) < 4.78 is 10.7. The van der Waals surface area contributed by atoms with Crippen molar-refractivity contribution in [3.8, 4) is 0 Å². The molecule has 2 rings (SSSR count). The molecule has 2 fully saturated rings. The molecule has 4 heteroatoms. The van der Waals surface area contributed by atoms with Crippen LogP contribution in [0, 0.1) is 0 Å². The zero-order valence-corrected chi connectivity index (χ0v) is 12.0. The molecule has 0 aliphatic carbocycles. The Hall–Kier alpha value is 0.354. The summed E-state index contributed by atoms with van der Waals surface area (Å²) in [5, 5.41) is 0. The molecule has 2 nitrogen and oxygen atoms in total. The smallest absolute Gasteiger partial charge is 0.189 e. The Bertz CT molecular complexity index is 153. The van der Waals surface area contributed by atoms with Crippen LogP contribution in [-0.4, -0.2) is 31.1 Å². The molecule has 0 unspecified atom stereocenters. The van der Waals surface area contributed by atoms with E-state index in [1.165, 1.54) is 37.0 Å². The third-order valence-electron chi connectivity index (χ3n) is 3.29. The van der Waals surface area contributed by atoms with Crippen molar-refractivity contribution in [3.63, 3.8) is 0 Å². The lowest BCUT2D eigenvalue weighted by atomic mass is 10.5. The Labute approximate surface area is 90.9 Å². The van der Waals surface area contributed by atoms with Gasteiger partial charge in [-0.25, -0.2) is 0 Å². The van der Waals surface area contributed by atoms with Gasteiger partial charge in [-0.15, -0.1) is 0 Å². The molecule has 0 radical (unpaired) electrons. The molecular weight excluding hydrogens is 208 g/mol. The van der Waals surface area contributed by atoms with Crippen molar-refractivity contribution in [2.45, 2.75) is 50.5 Å². The van der Waals surface area contributed by atoms with Crippen molar-refractivity contribution in [2.75, 3.05) is 13.7 Å². The molecule has 2 aliphatic rings. The van der Waals surface area contributed by atoms with Gasteiger partial charge in [0.25, 0.3) is 0 Å². The predicted octanol–water partition coefficient (Wildman–Crippen LogP) is 2.76. The lowest BCUT2D eigenvalue weighted by Crippen LogP contribution is -2.41. The molecule has 0 aromatic rings. The van der Waals surface area contributed by atoms with Crippen LogP contribution in [-0.2, 0) is 8.85 Å². The maximum Gasteiger partial charge on any atom is 0.189 e. The van der Waals surface area contributed by atoms with Gasteiger partial charge in [0.2, 0.25) is 0 Å². The van der Waals surface area contributed by atoms with Crippen molar-refractivity contribution in [3.05, 3.63) is 0 Å². The van der Waals surface area contributed by atoms with Gasteiger partial charge in [0.05, 0.1) is 0 Å². The standard InChI is InChI=1S/C6H14OSi.C4H10OSi/c1-3-7-8(2)5-4-6-8;1-5-6-3-2-4-6/h3-6H2,1-2H3;6H,2-4H2,1H3. The third-order valence-corrected chi connectivity index (χ3v) is 9.87. The second-order valence-electron chi connectivity index (χ2n) is 4.53. The summed E-state index contributed by atoms with van der Waals surface area (Å²) in [5.74, 6) is 0. The van der Waals surface area contributed by atoms with Crippen molar-refractivity contribution in [2.24, 2.45) is 0 Å². The molecule has 0 atom stereocenters.